The molecule has 0 spiro atoms. The van der Waals surface area contributed by atoms with Gasteiger partial charge in [0.25, 0.3) is 5.91 Å². The first-order valence-corrected chi connectivity index (χ1v) is 9.29. The first kappa shape index (κ1) is 20.2. The molecule has 152 valence electrons. The fourth-order valence-electron chi connectivity index (χ4n) is 2.92. The molecular weight excluding hydrogens is 376 g/mol. The predicted octanol–water partition coefficient (Wildman–Crippen LogP) is 3.05. The van der Waals surface area contributed by atoms with Gasteiger partial charge in [-0.3, -0.25) is 10.1 Å². The van der Waals surface area contributed by atoms with Crippen LogP contribution in [0.25, 0.3) is 0 Å². The molecule has 1 aliphatic rings. The van der Waals surface area contributed by atoms with Gasteiger partial charge >= 0.3 is 12.1 Å². The summed E-state index contributed by atoms with van der Waals surface area (Å²) in [5.74, 6) is -0.270. The van der Waals surface area contributed by atoms with E-state index < -0.39 is 12.1 Å². The monoisotopic (exact) mass is 398 g/mol. The van der Waals surface area contributed by atoms with Crippen LogP contribution in [0.5, 0.6) is 5.75 Å². The van der Waals surface area contributed by atoms with Crippen LogP contribution in [0.15, 0.2) is 48.5 Å². The van der Waals surface area contributed by atoms with Crippen molar-refractivity contribution < 1.29 is 28.6 Å². The third-order valence-electron chi connectivity index (χ3n) is 4.27. The van der Waals surface area contributed by atoms with Gasteiger partial charge in [0.15, 0.2) is 6.61 Å². The van der Waals surface area contributed by atoms with Gasteiger partial charge in [0, 0.05) is 17.7 Å². The number of hydrogen-bond donors (Lipinski definition) is 2. The molecule has 29 heavy (non-hydrogen) atoms. The summed E-state index contributed by atoms with van der Waals surface area (Å²) in [7, 11) is 0. The van der Waals surface area contributed by atoms with Crippen molar-refractivity contribution >= 4 is 23.7 Å². The maximum atomic E-state index is 12.2. The normalized spacial score (nSPS) is 14.7. The van der Waals surface area contributed by atoms with E-state index in [2.05, 4.69) is 10.6 Å². The minimum absolute atomic E-state index is 0.181. The molecular formula is C21H22N2O6. The number of carbonyl (C=O) groups is 3. The van der Waals surface area contributed by atoms with E-state index in [1.165, 1.54) is 12.1 Å². The molecule has 1 aliphatic heterocycles. The standard InChI is InChI=1S/C21H22N2O6/c1-2-27-21(26)22-15-9-7-14(8-10-15)20(25)29-13-19(24)23-17-11-12-28-18-6-4-3-5-16(17)18/h3-10,17H,2,11-13H2,1H3,(H,22,26)(H,23,24). The first-order valence-electron chi connectivity index (χ1n) is 9.29. The number of fused-ring (bicyclic) bond motifs is 1. The number of esters is 1. The average Bonchev–Trinajstić information content (AvgIpc) is 2.73. The number of hydrogen-bond acceptors (Lipinski definition) is 6. The van der Waals surface area contributed by atoms with Crippen LogP contribution in [-0.4, -0.2) is 37.8 Å². The second kappa shape index (κ2) is 9.59. The molecule has 0 bridgehead atoms. The Morgan fingerprint density at radius 2 is 1.83 bits per heavy atom. The lowest BCUT2D eigenvalue weighted by Crippen LogP contribution is -2.35. The lowest BCUT2D eigenvalue weighted by Gasteiger charge is -2.26. The molecule has 1 unspecified atom stereocenters. The zero-order valence-electron chi connectivity index (χ0n) is 16.0. The van der Waals surface area contributed by atoms with Gasteiger partial charge in [-0.2, -0.15) is 0 Å². The smallest absolute Gasteiger partial charge is 0.411 e. The molecule has 2 aromatic rings. The molecule has 0 radical (unpaired) electrons. The fourth-order valence-corrected chi connectivity index (χ4v) is 2.92. The van der Waals surface area contributed by atoms with Crippen LogP contribution in [0.1, 0.15) is 35.3 Å². The zero-order chi connectivity index (χ0) is 20.6. The van der Waals surface area contributed by atoms with Crippen molar-refractivity contribution in [3.63, 3.8) is 0 Å². The van der Waals surface area contributed by atoms with E-state index in [0.29, 0.717) is 18.7 Å². The molecule has 1 atom stereocenters. The van der Waals surface area contributed by atoms with Gasteiger partial charge in [0.05, 0.1) is 24.8 Å². The second-order valence-corrected chi connectivity index (χ2v) is 6.29. The molecule has 0 saturated heterocycles. The van der Waals surface area contributed by atoms with Crippen molar-refractivity contribution in [2.45, 2.75) is 19.4 Å². The van der Waals surface area contributed by atoms with Crippen LogP contribution in [0, 0.1) is 0 Å². The summed E-state index contributed by atoms with van der Waals surface area (Å²) in [6.07, 6.45) is 0.0696. The lowest BCUT2D eigenvalue weighted by molar-refractivity contribution is -0.125. The summed E-state index contributed by atoms with van der Waals surface area (Å²) in [5, 5.41) is 5.39. The number of anilines is 1. The molecule has 0 aromatic heterocycles. The lowest BCUT2D eigenvalue weighted by atomic mass is 10.0. The quantitative estimate of drug-likeness (QED) is 0.725. The van der Waals surface area contributed by atoms with E-state index >= 15 is 0 Å². The van der Waals surface area contributed by atoms with Gasteiger partial charge in [0.1, 0.15) is 5.75 Å². The van der Waals surface area contributed by atoms with Crippen LogP contribution in [0.4, 0.5) is 10.5 Å². The molecule has 0 saturated carbocycles. The highest BCUT2D eigenvalue weighted by molar-refractivity contribution is 5.92. The SMILES string of the molecule is CCOC(=O)Nc1ccc(C(=O)OCC(=O)NC2CCOc3ccccc32)cc1. The van der Waals surface area contributed by atoms with Crippen LogP contribution >= 0.6 is 0 Å². The third kappa shape index (κ3) is 5.47. The molecule has 2 aromatic carbocycles. The van der Waals surface area contributed by atoms with Crippen LogP contribution in [0.2, 0.25) is 0 Å². The van der Waals surface area contributed by atoms with E-state index in [4.69, 9.17) is 14.2 Å². The molecule has 0 fully saturated rings. The molecule has 0 aliphatic carbocycles. The molecule has 8 heteroatoms. The summed E-state index contributed by atoms with van der Waals surface area (Å²) in [6, 6.07) is 13.4. The first-order chi connectivity index (χ1) is 14.1. The van der Waals surface area contributed by atoms with Gasteiger partial charge in [0.2, 0.25) is 0 Å². The van der Waals surface area contributed by atoms with Crippen molar-refractivity contribution in [2.75, 3.05) is 25.1 Å². The second-order valence-electron chi connectivity index (χ2n) is 6.29. The number of para-hydroxylation sites is 1. The summed E-state index contributed by atoms with van der Waals surface area (Å²) in [5.41, 5.74) is 1.66. The van der Waals surface area contributed by atoms with Crippen molar-refractivity contribution in [1.82, 2.24) is 5.32 Å². The van der Waals surface area contributed by atoms with Crippen LogP contribution in [-0.2, 0) is 14.3 Å². The van der Waals surface area contributed by atoms with Crippen molar-refractivity contribution in [2.24, 2.45) is 0 Å². The predicted molar refractivity (Wildman–Crippen MR) is 105 cm³/mol. The molecule has 2 N–H and O–H groups in total. The summed E-state index contributed by atoms with van der Waals surface area (Å²) in [6.45, 7) is 2.09. The van der Waals surface area contributed by atoms with E-state index in [1.807, 2.05) is 24.3 Å². The molecule has 3 rings (SSSR count). The maximum absolute atomic E-state index is 12.2. The van der Waals surface area contributed by atoms with Crippen LogP contribution in [0.3, 0.4) is 0 Å². The minimum Gasteiger partial charge on any atom is -0.493 e. The van der Waals surface area contributed by atoms with Crippen molar-refractivity contribution in [3.8, 4) is 5.75 Å². The zero-order valence-corrected chi connectivity index (χ0v) is 16.0. The van der Waals surface area contributed by atoms with Gasteiger partial charge in [-0.1, -0.05) is 18.2 Å². The van der Waals surface area contributed by atoms with E-state index in [-0.39, 0.29) is 30.7 Å². The topological polar surface area (TPSA) is 103 Å². The van der Waals surface area contributed by atoms with Crippen molar-refractivity contribution in [3.05, 3.63) is 59.7 Å². The Hall–Kier alpha value is -3.55. The highest BCUT2D eigenvalue weighted by Crippen LogP contribution is 2.31. The maximum Gasteiger partial charge on any atom is 0.411 e. The number of ether oxygens (including phenoxy) is 3. The third-order valence-corrected chi connectivity index (χ3v) is 4.27. The number of amides is 2. The van der Waals surface area contributed by atoms with Gasteiger partial charge in [-0.25, -0.2) is 9.59 Å². The Morgan fingerprint density at radius 3 is 2.59 bits per heavy atom. The Morgan fingerprint density at radius 1 is 1.07 bits per heavy atom. The largest absolute Gasteiger partial charge is 0.493 e. The van der Waals surface area contributed by atoms with E-state index in [1.54, 1.807) is 19.1 Å². The highest BCUT2D eigenvalue weighted by atomic mass is 16.5. The molecule has 8 nitrogen and oxygen atoms in total. The Balaban J connectivity index is 1.49. The van der Waals surface area contributed by atoms with E-state index in [9.17, 15) is 14.4 Å². The number of nitrogens with one attached hydrogen (secondary N) is 2. The summed E-state index contributed by atoms with van der Waals surface area (Å²) in [4.78, 5) is 35.7. The summed E-state index contributed by atoms with van der Waals surface area (Å²) >= 11 is 0. The minimum atomic E-state index is -0.629. The highest BCUT2D eigenvalue weighted by Gasteiger charge is 2.23. The van der Waals surface area contributed by atoms with Gasteiger partial charge in [-0.05, 0) is 37.3 Å². The fraction of sp³-hybridized carbons (Fsp3) is 0.286. The molecule has 1 heterocycles. The van der Waals surface area contributed by atoms with Gasteiger partial charge < -0.3 is 19.5 Å². The van der Waals surface area contributed by atoms with Crippen LogP contribution < -0.4 is 15.4 Å². The number of carbonyl (C=O) groups excluding carboxylic acids is 3. The van der Waals surface area contributed by atoms with E-state index in [0.717, 1.165) is 11.3 Å². The number of benzene rings is 2. The van der Waals surface area contributed by atoms with Gasteiger partial charge in [-0.15, -0.1) is 0 Å². The summed E-state index contributed by atoms with van der Waals surface area (Å²) < 4.78 is 15.4. The average molecular weight is 398 g/mol. The Bertz CT molecular complexity index is 881. The Kier molecular flexibility index (Phi) is 6.67. The van der Waals surface area contributed by atoms with Crippen molar-refractivity contribution in [1.29, 1.82) is 0 Å². The Labute approximate surface area is 168 Å². The number of rotatable bonds is 6. The molecule has 2 amide bonds.